The largest absolute Gasteiger partial charge is 0.383 e. The zero-order valence-electron chi connectivity index (χ0n) is 11.4. The lowest BCUT2D eigenvalue weighted by Crippen LogP contribution is -2.07. The standard InChI is InChI=1S/C14H16Br2N4/c1-3-4-12-19-13(17)8(2)14(20-12)18-11-6-5-9(15)7-10(11)16/h5-7H,3-4H2,1-2H3,(H3,17,18,19,20). The van der Waals surface area contributed by atoms with Crippen molar-refractivity contribution in [2.24, 2.45) is 0 Å². The summed E-state index contributed by atoms with van der Waals surface area (Å²) < 4.78 is 1.97. The normalized spacial score (nSPS) is 10.6. The summed E-state index contributed by atoms with van der Waals surface area (Å²) in [6.07, 6.45) is 1.81. The highest BCUT2D eigenvalue weighted by molar-refractivity contribution is 9.11. The van der Waals surface area contributed by atoms with Gasteiger partial charge in [-0.25, -0.2) is 9.97 Å². The number of aromatic nitrogens is 2. The number of nitrogens with zero attached hydrogens (tertiary/aromatic N) is 2. The lowest BCUT2D eigenvalue weighted by atomic mass is 10.2. The maximum absolute atomic E-state index is 5.96. The Morgan fingerprint density at radius 2 is 2.00 bits per heavy atom. The van der Waals surface area contributed by atoms with E-state index in [2.05, 4.69) is 54.1 Å². The highest BCUT2D eigenvalue weighted by Gasteiger charge is 2.10. The van der Waals surface area contributed by atoms with Crippen LogP contribution < -0.4 is 11.1 Å². The minimum absolute atomic E-state index is 0.527. The molecule has 0 aliphatic carbocycles. The molecule has 0 atom stereocenters. The van der Waals surface area contributed by atoms with Crippen molar-refractivity contribution in [1.82, 2.24) is 9.97 Å². The van der Waals surface area contributed by atoms with Crippen molar-refractivity contribution in [3.63, 3.8) is 0 Å². The molecule has 0 spiro atoms. The maximum Gasteiger partial charge on any atom is 0.139 e. The third-order valence-electron chi connectivity index (χ3n) is 2.89. The van der Waals surface area contributed by atoms with Crippen LogP contribution in [0.5, 0.6) is 0 Å². The number of aryl methyl sites for hydroxylation is 1. The van der Waals surface area contributed by atoms with Gasteiger partial charge in [-0.15, -0.1) is 0 Å². The number of benzene rings is 1. The van der Waals surface area contributed by atoms with Crippen LogP contribution >= 0.6 is 31.9 Å². The van der Waals surface area contributed by atoms with E-state index in [9.17, 15) is 0 Å². The van der Waals surface area contributed by atoms with E-state index in [1.54, 1.807) is 0 Å². The number of anilines is 3. The number of nitrogen functional groups attached to an aromatic ring is 1. The van der Waals surface area contributed by atoms with Crippen molar-refractivity contribution in [1.29, 1.82) is 0 Å². The maximum atomic E-state index is 5.96. The highest BCUT2D eigenvalue weighted by Crippen LogP contribution is 2.30. The average Bonchev–Trinajstić information content (AvgIpc) is 2.39. The number of nitrogens with one attached hydrogen (secondary N) is 1. The smallest absolute Gasteiger partial charge is 0.139 e. The van der Waals surface area contributed by atoms with E-state index < -0.39 is 0 Å². The summed E-state index contributed by atoms with van der Waals surface area (Å²) in [5.41, 5.74) is 7.76. The lowest BCUT2D eigenvalue weighted by molar-refractivity contribution is 0.836. The zero-order valence-corrected chi connectivity index (χ0v) is 14.5. The summed E-state index contributed by atoms with van der Waals surface area (Å²) >= 11 is 6.97. The van der Waals surface area contributed by atoms with Gasteiger partial charge in [0.1, 0.15) is 17.5 Å². The van der Waals surface area contributed by atoms with Crippen LogP contribution in [0.15, 0.2) is 27.1 Å². The van der Waals surface area contributed by atoms with Gasteiger partial charge in [0, 0.05) is 20.9 Å². The molecule has 4 nitrogen and oxygen atoms in total. The van der Waals surface area contributed by atoms with Crippen LogP contribution in [-0.2, 0) is 6.42 Å². The van der Waals surface area contributed by atoms with Crippen LogP contribution in [0.25, 0.3) is 0 Å². The van der Waals surface area contributed by atoms with Gasteiger partial charge in [0.05, 0.1) is 5.69 Å². The van der Waals surface area contributed by atoms with Gasteiger partial charge in [-0.05, 0) is 47.5 Å². The van der Waals surface area contributed by atoms with Crippen LogP contribution in [0.2, 0.25) is 0 Å². The quantitative estimate of drug-likeness (QED) is 0.789. The van der Waals surface area contributed by atoms with Gasteiger partial charge in [-0.1, -0.05) is 22.9 Å². The molecule has 0 aliphatic heterocycles. The third-order valence-corrected chi connectivity index (χ3v) is 4.04. The van der Waals surface area contributed by atoms with E-state index in [-0.39, 0.29) is 0 Å². The molecule has 0 saturated carbocycles. The first kappa shape index (κ1) is 15.3. The van der Waals surface area contributed by atoms with E-state index >= 15 is 0 Å². The first-order valence-corrected chi connectivity index (χ1v) is 7.95. The first-order valence-electron chi connectivity index (χ1n) is 6.36. The molecule has 1 heterocycles. The van der Waals surface area contributed by atoms with Gasteiger partial charge in [-0.2, -0.15) is 0 Å². The van der Waals surface area contributed by atoms with Crippen LogP contribution in [0.4, 0.5) is 17.3 Å². The second-order valence-electron chi connectivity index (χ2n) is 4.50. The monoisotopic (exact) mass is 398 g/mol. The Hall–Kier alpha value is -1.14. The number of halogens is 2. The van der Waals surface area contributed by atoms with Crippen molar-refractivity contribution >= 4 is 49.2 Å². The molecule has 0 amide bonds. The Morgan fingerprint density at radius 1 is 1.25 bits per heavy atom. The zero-order chi connectivity index (χ0) is 14.7. The molecule has 0 fully saturated rings. The van der Waals surface area contributed by atoms with E-state index in [1.165, 1.54) is 0 Å². The average molecular weight is 400 g/mol. The van der Waals surface area contributed by atoms with Crippen LogP contribution in [0.1, 0.15) is 24.7 Å². The molecule has 3 N–H and O–H groups in total. The van der Waals surface area contributed by atoms with Crippen molar-refractivity contribution < 1.29 is 0 Å². The van der Waals surface area contributed by atoms with E-state index in [0.717, 1.165) is 44.7 Å². The summed E-state index contributed by atoms with van der Waals surface area (Å²) in [7, 11) is 0. The van der Waals surface area contributed by atoms with Gasteiger partial charge < -0.3 is 11.1 Å². The summed E-state index contributed by atoms with van der Waals surface area (Å²) in [6.45, 7) is 4.01. The third kappa shape index (κ3) is 3.49. The number of hydrogen-bond donors (Lipinski definition) is 2. The molecular weight excluding hydrogens is 384 g/mol. The molecule has 0 saturated heterocycles. The molecule has 0 aliphatic rings. The first-order chi connectivity index (χ1) is 9.51. The molecule has 1 aromatic carbocycles. The molecule has 1 aromatic heterocycles. The second-order valence-corrected chi connectivity index (χ2v) is 6.27. The number of hydrogen-bond acceptors (Lipinski definition) is 4. The Balaban J connectivity index is 2.37. The van der Waals surface area contributed by atoms with Crippen molar-refractivity contribution in [2.75, 3.05) is 11.1 Å². The molecule has 106 valence electrons. The number of nitrogens with two attached hydrogens (primary N) is 1. The van der Waals surface area contributed by atoms with Crippen LogP contribution in [0, 0.1) is 6.92 Å². The van der Waals surface area contributed by atoms with Gasteiger partial charge >= 0.3 is 0 Å². The molecular formula is C14H16Br2N4. The van der Waals surface area contributed by atoms with Gasteiger partial charge in [0.15, 0.2) is 0 Å². The minimum Gasteiger partial charge on any atom is -0.383 e. The Kier molecular flexibility index (Phi) is 4.99. The second kappa shape index (κ2) is 6.54. The fourth-order valence-electron chi connectivity index (χ4n) is 1.76. The predicted octanol–water partition coefficient (Wildman–Crippen LogP) is 4.59. The summed E-state index contributed by atoms with van der Waals surface area (Å²) in [6, 6.07) is 5.93. The fourth-order valence-corrected chi connectivity index (χ4v) is 2.90. The van der Waals surface area contributed by atoms with Gasteiger partial charge in [0.2, 0.25) is 0 Å². The highest BCUT2D eigenvalue weighted by atomic mass is 79.9. The Labute approximate surface area is 135 Å². The minimum atomic E-state index is 0.527. The molecule has 0 radical (unpaired) electrons. The molecule has 6 heteroatoms. The molecule has 0 bridgehead atoms. The van der Waals surface area contributed by atoms with Crippen molar-refractivity contribution in [3.8, 4) is 0 Å². The molecule has 2 aromatic rings. The van der Waals surface area contributed by atoms with E-state index in [0.29, 0.717) is 5.82 Å². The fraction of sp³-hybridized carbons (Fsp3) is 0.286. The summed E-state index contributed by atoms with van der Waals surface area (Å²) in [5, 5.41) is 3.31. The molecule has 20 heavy (non-hydrogen) atoms. The SMILES string of the molecule is CCCc1nc(N)c(C)c(Nc2ccc(Br)cc2Br)n1. The lowest BCUT2D eigenvalue weighted by Gasteiger charge is -2.13. The molecule has 0 unspecified atom stereocenters. The topological polar surface area (TPSA) is 63.8 Å². The van der Waals surface area contributed by atoms with Crippen LogP contribution in [-0.4, -0.2) is 9.97 Å². The molecule has 2 rings (SSSR count). The van der Waals surface area contributed by atoms with E-state index in [4.69, 9.17) is 5.73 Å². The summed E-state index contributed by atoms with van der Waals surface area (Å²) in [5.74, 6) is 2.05. The Bertz CT molecular complexity index is 629. The van der Waals surface area contributed by atoms with Crippen molar-refractivity contribution in [3.05, 3.63) is 38.5 Å². The number of rotatable bonds is 4. The predicted molar refractivity (Wildman–Crippen MR) is 90.3 cm³/mol. The Morgan fingerprint density at radius 3 is 2.65 bits per heavy atom. The van der Waals surface area contributed by atoms with Gasteiger partial charge in [-0.3, -0.25) is 0 Å². The van der Waals surface area contributed by atoms with E-state index in [1.807, 2.05) is 25.1 Å². The summed E-state index contributed by atoms with van der Waals surface area (Å²) in [4.78, 5) is 8.86. The van der Waals surface area contributed by atoms with Crippen LogP contribution in [0.3, 0.4) is 0 Å². The van der Waals surface area contributed by atoms with Crippen molar-refractivity contribution in [2.45, 2.75) is 26.7 Å². The van der Waals surface area contributed by atoms with Gasteiger partial charge in [0.25, 0.3) is 0 Å².